The van der Waals surface area contributed by atoms with Crippen molar-refractivity contribution < 1.29 is 13.6 Å². The molecule has 1 amide bonds. The van der Waals surface area contributed by atoms with Crippen LogP contribution in [0.4, 0.5) is 14.5 Å². The third-order valence-corrected chi connectivity index (χ3v) is 3.21. The fourth-order valence-electron chi connectivity index (χ4n) is 1.55. The topological polar surface area (TPSA) is 62.0 Å². The summed E-state index contributed by atoms with van der Waals surface area (Å²) in [5.74, 6) is -3.23. The molecule has 2 N–H and O–H groups in total. The minimum Gasteiger partial charge on any atom is -0.367 e. The minimum atomic E-state index is -2.59. The van der Waals surface area contributed by atoms with E-state index in [0.717, 1.165) is 0 Å². The summed E-state index contributed by atoms with van der Waals surface area (Å²) in [7, 11) is 0. The van der Waals surface area contributed by atoms with Crippen molar-refractivity contribution in [2.45, 2.75) is 10.7 Å². The van der Waals surface area contributed by atoms with Gasteiger partial charge in [0.05, 0.1) is 5.69 Å². The van der Waals surface area contributed by atoms with Gasteiger partial charge in [0.1, 0.15) is 5.56 Å². The molecule has 1 heterocycles. The van der Waals surface area contributed by atoms with Crippen LogP contribution in [0.2, 0.25) is 0 Å². The van der Waals surface area contributed by atoms with E-state index in [9.17, 15) is 18.4 Å². The van der Waals surface area contributed by atoms with Gasteiger partial charge in [0.15, 0.2) is 5.43 Å². The molecule has 7 heteroatoms. The zero-order valence-electron chi connectivity index (χ0n) is 10.1. The Morgan fingerprint density at radius 1 is 1.25 bits per heavy atom. The van der Waals surface area contributed by atoms with Gasteiger partial charge in [-0.15, -0.1) is 0 Å². The lowest BCUT2D eigenvalue weighted by Gasteiger charge is -2.09. The predicted molar refractivity (Wildman–Crippen MR) is 73.3 cm³/mol. The van der Waals surface area contributed by atoms with E-state index in [2.05, 4.69) is 10.3 Å². The highest BCUT2D eigenvalue weighted by molar-refractivity contribution is 7.99. The zero-order chi connectivity index (χ0) is 14.5. The molecule has 1 aromatic carbocycles. The van der Waals surface area contributed by atoms with Gasteiger partial charge in [-0.3, -0.25) is 9.59 Å². The molecule has 0 radical (unpaired) electrons. The number of H-pyrrole nitrogens is 1. The first-order chi connectivity index (χ1) is 9.58. The van der Waals surface area contributed by atoms with Crippen LogP contribution >= 0.6 is 11.8 Å². The number of aromatic amines is 1. The number of rotatable bonds is 4. The Morgan fingerprint density at radius 2 is 2.00 bits per heavy atom. The molecule has 4 nitrogen and oxygen atoms in total. The number of hydrogen-bond acceptors (Lipinski definition) is 3. The number of para-hydroxylation sites is 1. The number of aromatic nitrogens is 1. The highest BCUT2D eigenvalue weighted by Gasteiger charge is 2.14. The molecule has 0 saturated heterocycles. The van der Waals surface area contributed by atoms with Crippen LogP contribution in [0.3, 0.4) is 0 Å². The van der Waals surface area contributed by atoms with Crippen LogP contribution in [0.15, 0.2) is 52.4 Å². The molecule has 0 spiro atoms. The van der Waals surface area contributed by atoms with E-state index in [-0.39, 0.29) is 16.1 Å². The fraction of sp³-hybridized carbons (Fsp3) is 0.0769. The van der Waals surface area contributed by atoms with Crippen LogP contribution in [0.1, 0.15) is 10.4 Å². The lowest BCUT2D eigenvalue weighted by molar-refractivity contribution is 0.102. The van der Waals surface area contributed by atoms with Gasteiger partial charge in [-0.05, 0) is 12.1 Å². The molecule has 0 aliphatic heterocycles. The average molecular weight is 296 g/mol. The zero-order valence-corrected chi connectivity index (χ0v) is 10.9. The molecule has 0 saturated carbocycles. The largest absolute Gasteiger partial charge is 0.367 e. The fourth-order valence-corrected chi connectivity index (χ4v) is 2.15. The maximum atomic E-state index is 12.4. The van der Waals surface area contributed by atoms with Gasteiger partial charge in [-0.25, -0.2) is 0 Å². The van der Waals surface area contributed by atoms with E-state index in [1.165, 1.54) is 30.6 Å². The van der Waals surface area contributed by atoms with E-state index in [1.807, 2.05) is 0 Å². The van der Waals surface area contributed by atoms with Crippen molar-refractivity contribution in [2.24, 2.45) is 0 Å². The number of carbonyl (C=O) groups excluding carboxylic acids is 1. The van der Waals surface area contributed by atoms with Crippen LogP contribution in [-0.4, -0.2) is 16.6 Å². The number of amides is 1. The lowest BCUT2D eigenvalue weighted by Crippen LogP contribution is -2.21. The third kappa shape index (κ3) is 3.45. The Bertz CT molecular complexity index is 673. The monoisotopic (exact) mass is 296 g/mol. The number of anilines is 1. The van der Waals surface area contributed by atoms with Gasteiger partial charge in [0, 0.05) is 23.4 Å². The molecule has 2 rings (SSSR count). The number of pyridine rings is 1. The van der Waals surface area contributed by atoms with Crippen molar-refractivity contribution in [3.05, 3.63) is 58.5 Å². The van der Waals surface area contributed by atoms with E-state index in [1.54, 1.807) is 12.1 Å². The number of nitrogens with one attached hydrogen (secondary N) is 2. The summed E-state index contributed by atoms with van der Waals surface area (Å²) in [4.78, 5) is 26.3. The molecule has 0 unspecified atom stereocenters. The van der Waals surface area contributed by atoms with Crippen LogP contribution < -0.4 is 10.7 Å². The molecule has 2 aromatic rings. The second-order valence-corrected chi connectivity index (χ2v) is 4.78. The number of thioether (sulfide) groups is 1. The van der Waals surface area contributed by atoms with Crippen molar-refractivity contribution in [1.82, 2.24) is 4.98 Å². The summed E-state index contributed by atoms with van der Waals surface area (Å²) in [5, 5.41) is 2.46. The molecular weight excluding hydrogens is 286 g/mol. The van der Waals surface area contributed by atoms with Gasteiger partial charge in [-0.1, -0.05) is 23.9 Å². The summed E-state index contributed by atoms with van der Waals surface area (Å²) >= 11 is 0.332. The van der Waals surface area contributed by atoms with Gasteiger partial charge in [0.25, 0.3) is 11.7 Å². The van der Waals surface area contributed by atoms with E-state index >= 15 is 0 Å². The Hall–Kier alpha value is -2.15. The van der Waals surface area contributed by atoms with E-state index < -0.39 is 17.1 Å². The minimum absolute atomic E-state index is 0.0793. The van der Waals surface area contributed by atoms with Crippen molar-refractivity contribution in [3.63, 3.8) is 0 Å². The molecule has 1 aromatic heterocycles. The van der Waals surface area contributed by atoms with Gasteiger partial charge in [-0.2, -0.15) is 8.78 Å². The molecule has 0 atom stereocenters. The van der Waals surface area contributed by atoms with Crippen molar-refractivity contribution in [1.29, 1.82) is 0 Å². The molecular formula is C13H10F2N2O2S. The SMILES string of the molecule is O=C(Nc1ccccc1SC(F)F)c1c[nH]ccc1=O. The number of hydrogen-bond donors (Lipinski definition) is 2. The third-order valence-electron chi connectivity index (χ3n) is 2.42. The Kier molecular flexibility index (Phi) is 4.52. The predicted octanol–water partition coefficient (Wildman–Crippen LogP) is 2.94. The molecule has 0 bridgehead atoms. The number of benzene rings is 1. The smallest absolute Gasteiger partial charge is 0.288 e. The van der Waals surface area contributed by atoms with Gasteiger partial charge in [0.2, 0.25) is 0 Å². The van der Waals surface area contributed by atoms with Crippen LogP contribution in [0.25, 0.3) is 0 Å². The quantitative estimate of drug-likeness (QED) is 0.853. The normalized spacial score (nSPS) is 10.6. The maximum Gasteiger partial charge on any atom is 0.288 e. The summed E-state index contributed by atoms with van der Waals surface area (Å²) in [6, 6.07) is 7.40. The van der Waals surface area contributed by atoms with Crippen molar-refractivity contribution >= 4 is 23.4 Å². The van der Waals surface area contributed by atoms with E-state index in [4.69, 9.17) is 0 Å². The summed E-state index contributed by atoms with van der Waals surface area (Å²) in [5.41, 5.74) is -0.282. The molecule has 0 aliphatic rings. The highest BCUT2D eigenvalue weighted by atomic mass is 32.2. The van der Waals surface area contributed by atoms with Crippen LogP contribution in [0, 0.1) is 0 Å². The molecule has 0 fully saturated rings. The second kappa shape index (κ2) is 6.33. The number of halogens is 2. The van der Waals surface area contributed by atoms with Crippen LogP contribution in [0.5, 0.6) is 0 Å². The summed E-state index contributed by atoms with van der Waals surface area (Å²) in [6.45, 7) is 0. The molecule has 20 heavy (non-hydrogen) atoms. The summed E-state index contributed by atoms with van der Waals surface area (Å²) in [6.07, 6.45) is 2.67. The van der Waals surface area contributed by atoms with Gasteiger partial charge < -0.3 is 10.3 Å². The Balaban J connectivity index is 2.24. The first-order valence-corrected chi connectivity index (χ1v) is 6.48. The Morgan fingerprint density at radius 3 is 2.70 bits per heavy atom. The standard InChI is InChI=1S/C13H10F2N2O2S/c14-13(15)20-11-4-2-1-3-9(11)17-12(19)8-7-16-6-5-10(8)18/h1-7,13H,(H,16,18)(H,17,19). The van der Waals surface area contributed by atoms with Gasteiger partial charge >= 0.3 is 0 Å². The summed E-state index contributed by atoms with van der Waals surface area (Å²) < 4.78 is 24.8. The Labute approximate surface area is 117 Å². The first kappa shape index (κ1) is 14.3. The van der Waals surface area contributed by atoms with Crippen molar-refractivity contribution in [3.8, 4) is 0 Å². The average Bonchev–Trinajstić information content (AvgIpc) is 2.41. The van der Waals surface area contributed by atoms with E-state index in [0.29, 0.717) is 11.8 Å². The van der Waals surface area contributed by atoms with Crippen molar-refractivity contribution in [2.75, 3.05) is 5.32 Å². The second-order valence-electron chi connectivity index (χ2n) is 3.75. The number of alkyl halides is 2. The lowest BCUT2D eigenvalue weighted by atomic mass is 10.2. The molecule has 0 aliphatic carbocycles. The highest BCUT2D eigenvalue weighted by Crippen LogP contribution is 2.31. The maximum absolute atomic E-state index is 12.4. The number of carbonyl (C=O) groups is 1. The molecule has 104 valence electrons. The first-order valence-electron chi connectivity index (χ1n) is 5.60. The van der Waals surface area contributed by atoms with Crippen LogP contribution in [-0.2, 0) is 0 Å².